The largest absolute Gasteiger partial charge is 0.310 e. The van der Waals surface area contributed by atoms with Gasteiger partial charge in [-0.2, -0.15) is 0 Å². The molecule has 0 radical (unpaired) electrons. The molecular weight excluding hydrogens is 605 g/mol. The molecule has 0 amide bonds. The van der Waals surface area contributed by atoms with Gasteiger partial charge in [0.15, 0.2) is 0 Å². The van der Waals surface area contributed by atoms with Crippen LogP contribution in [0.2, 0.25) is 0 Å². The summed E-state index contributed by atoms with van der Waals surface area (Å²) in [5.41, 5.74) is 9.24. The number of nitrogens with zero attached hydrogens (tertiary/aromatic N) is 2. The summed E-state index contributed by atoms with van der Waals surface area (Å²) in [4.78, 5) is 2.41. The Morgan fingerprint density at radius 2 is 0.860 bits per heavy atom. The number of para-hydroxylation sites is 2. The van der Waals surface area contributed by atoms with Gasteiger partial charge in [-0.3, -0.25) is 0 Å². The maximum absolute atomic E-state index is 2.41. The Bertz CT molecular complexity index is 2870. The van der Waals surface area contributed by atoms with E-state index in [1.54, 1.807) is 0 Å². The van der Waals surface area contributed by atoms with Crippen molar-refractivity contribution >= 4 is 71.2 Å². The average Bonchev–Trinajstić information content (AvgIpc) is 3.52. The van der Waals surface area contributed by atoms with E-state index in [1.807, 2.05) is 0 Å². The van der Waals surface area contributed by atoms with Crippen molar-refractivity contribution < 1.29 is 0 Å². The van der Waals surface area contributed by atoms with Crippen molar-refractivity contribution in [3.05, 3.63) is 194 Å². The lowest BCUT2D eigenvalue weighted by Gasteiger charge is -2.27. The Morgan fingerprint density at radius 1 is 0.300 bits per heavy atom. The zero-order valence-corrected chi connectivity index (χ0v) is 27.4. The molecule has 234 valence electrons. The van der Waals surface area contributed by atoms with Gasteiger partial charge in [-0.05, 0) is 98.0 Å². The smallest absolute Gasteiger partial charge is 0.0561 e. The van der Waals surface area contributed by atoms with Crippen LogP contribution in [0.4, 0.5) is 17.1 Å². The lowest BCUT2D eigenvalue weighted by molar-refractivity contribution is 1.18. The molecule has 0 aliphatic heterocycles. The third-order valence-corrected chi connectivity index (χ3v) is 10.1. The molecule has 0 fully saturated rings. The highest BCUT2D eigenvalue weighted by Crippen LogP contribution is 2.42. The van der Waals surface area contributed by atoms with Crippen LogP contribution in [0.1, 0.15) is 0 Å². The Hall–Kier alpha value is -6.64. The van der Waals surface area contributed by atoms with Gasteiger partial charge in [0, 0.05) is 33.5 Å². The first-order chi connectivity index (χ1) is 24.8. The number of rotatable bonds is 5. The van der Waals surface area contributed by atoms with Crippen LogP contribution in [0.15, 0.2) is 194 Å². The molecule has 0 unspecified atom stereocenters. The average molecular weight is 637 g/mol. The van der Waals surface area contributed by atoms with E-state index >= 15 is 0 Å². The van der Waals surface area contributed by atoms with Gasteiger partial charge in [0.1, 0.15) is 0 Å². The quantitative estimate of drug-likeness (QED) is 0.171. The molecule has 0 bridgehead atoms. The molecule has 0 spiro atoms. The summed E-state index contributed by atoms with van der Waals surface area (Å²) in [5.74, 6) is 0. The second-order valence-electron chi connectivity index (χ2n) is 13.0. The van der Waals surface area contributed by atoms with Crippen LogP contribution in [0.3, 0.4) is 0 Å². The molecule has 0 aliphatic rings. The van der Waals surface area contributed by atoms with Crippen molar-refractivity contribution in [3.8, 4) is 16.8 Å². The third kappa shape index (κ3) is 4.57. The van der Waals surface area contributed by atoms with Crippen LogP contribution >= 0.6 is 0 Å². The second-order valence-corrected chi connectivity index (χ2v) is 13.0. The zero-order valence-electron chi connectivity index (χ0n) is 27.4. The summed E-state index contributed by atoms with van der Waals surface area (Å²) in [5, 5.41) is 10.0. The number of hydrogen-bond acceptors (Lipinski definition) is 1. The fourth-order valence-electron chi connectivity index (χ4n) is 7.80. The van der Waals surface area contributed by atoms with E-state index in [4.69, 9.17) is 0 Å². The first-order valence-electron chi connectivity index (χ1n) is 17.2. The molecule has 0 saturated carbocycles. The van der Waals surface area contributed by atoms with Crippen molar-refractivity contribution in [2.24, 2.45) is 0 Å². The number of anilines is 3. The number of fused-ring (bicyclic) bond motifs is 8. The summed E-state index contributed by atoms with van der Waals surface area (Å²) in [7, 11) is 0. The van der Waals surface area contributed by atoms with Gasteiger partial charge in [-0.15, -0.1) is 0 Å². The predicted octanol–water partition coefficient (Wildman–Crippen LogP) is 13.4. The molecule has 1 heterocycles. The van der Waals surface area contributed by atoms with Crippen molar-refractivity contribution in [1.82, 2.24) is 4.57 Å². The first-order valence-corrected chi connectivity index (χ1v) is 17.2. The van der Waals surface area contributed by atoms with Crippen molar-refractivity contribution in [2.75, 3.05) is 4.90 Å². The van der Waals surface area contributed by atoms with E-state index in [9.17, 15) is 0 Å². The molecule has 0 atom stereocenters. The van der Waals surface area contributed by atoms with Crippen LogP contribution in [-0.2, 0) is 0 Å². The molecule has 2 nitrogen and oxygen atoms in total. The van der Waals surface area contributed by atoms with E-state index in [1.165, 1.54) is 65.3 Å². The van der Waals surface area contributed by atoms with Crippen LogP contribution in [0, 0.1) is 0 Å². The Morgan fingerprint density at radius 3 is 1.70 bits per heavy atom. The highest BCUT2D eigenvalue weighted by molar-refractivity contribution is 6.18. The summed E-state index contributed by atoms with van der Waals surface area (Å²) < 4.78 is 2.39. The Balaban J connectivity index is 1.24. The predicted molar refractivity (Wildman–Crippen MR) is 213 cm³/mol. The van der Waals surface area contributed by atoms with Crippen LogP contribution in [0.25, 0.3) is 70.9 Å². The molecule has 0 N–H and O–H groups in total. The van der Waals surface area contributed by atoms with Crippen molar-refractivity contribution in [2.45, 2.75) is 0 Å². The molecule has 1 aromatic heterocycles. The van der Waals surface area contributed by atoms with Gasteiger partial charge < -0.3 is 9.47 Å². The van der Waals surface area contributed by atoms with Crippen LogP contribution in [-0.4, -0.2) is 4.57 Å². The van der Waals surface area contributed by atoms with Crippen LogP contribution in [0.5, 0.6) is 0 Å². The normalized spacial score (nSPS) is 11.6. The maximum Gasteiger partial charge on any atom is 0.0561 e. The lowest BCUT2D eigenvalue weighted by Crippen LogP contribution is -2.10. The molecule has 10 rings (SSSR count). The summed E-state index contributed by atoms with van der Waals surface area (Å²) >= 11 is 0. The minimum absolute atomic E-state index is 1.10. The zero-order chi connectivity index (χ0) is 33.0. The third-order valence-electron chi connectivity index (χ3n) is 10.1. The Labute approximate surface area is 290 Å². The maximum atomic E-state index is 2.41. The highest BCUT2D eigenvalue weighted by atomic mass is 15.1. The van der Waals surface area contributed by atoms with E-state index in [0.717, 1.165) is 22.7 Å². The molecule has 0 aliphatic carbocycles. The highest BCUT2D eigenvalue weighted by Gasteiger charge is 2.19. The van der Waals surface area contributed by atoms with E-state index in [2.05, 4.69) is 204 Å². The Kier molecular flexibility index (Phi) is 6.53. The number of benzene rings is 9. The number of hydrogen-bond donors (Lipinski definition) is 0. The molecule has 2 heteroatoms. The molecule has 10 aromatic rings. The van der Waals surface area contributed by atoms with Gasteiger partial charge in [-0.25, -0.2) is 0 Å². The first kappa shape index (κ1) is 28.4. The molecule has 50 heavy (non-hydrogen) atoms. The minimum Gasteiger partial charge on any atom is -0.310 e. The minimum atomic E-state index is 1.10. The van der Waals surface area contributed by atoms with Crippen molar-refractivity contribution in [3.63, 3.8) is 0 Å². The van der Waals surface area contributed by atoms with Gasteiger partial charge in [0.2, 0.25) is 0 Å². The molecule has 9 aromatic carbocycles. The van der Waals surface area contributed by atoms with E-state index in [-0.39, 0.29) is 0 Å². The summed E-state index contributed by atoms with van der Waals surface area (Å²) in [6, 6.07) is 70.6. The lowest BCUT2D eigenvalue weighted by atomic mass is 9.96. The fraction of sp³-hybridized carbons (Fsp3) is 0. The topological polar surface area (TPSA) is 8.17 Å². The van der Waals surface area contributed by atoms with Gasteiger partial charge in [-0.1, -0.05) is 140 Å². The van der Waals surface area contributed by atoms with Crippen LogP contribution < -0.4 is 4.90 Å². The van der Waals surface area contributed by atoms with E-state index < -0.39 is 0 Å². The summed E-state index contributed by atoms with van der Waals surface area (Å²) in [6.45, 7) is 0. The van der Waals surface area contributed by atoms with Crippen molar-refractivity contribution in [1.29, 1.82) is 0 Å². The van der Waals surface area contributed by atoms with E-state index in [0.29, 0.717) is 0 Å². The molecular formula is C48H32N2. The fourth-order valence-corrected chi connectivity index (χ4v) is 7.80. The second kappa shape index (κ2) is 11.5. The number of aromatic nitrogens is 1. The van der Waals surface area contributed by atoms with Gasteiger partial charge >= 0.3 is 0 Å². The van der Waals surface area contributed by atoms with Gasteiger partial charge in [0.25, 0.3) is 0 Å². The summed E-state index contributed by atoms with van der Waals surface area (Å²) in [6.07, 6.45) is 0. The standard InChI is InChI=1S/C48H32N2/c1-3-12-33(13-4-1)36-15-11-18-38(30-36)49(39-25-22-35-24-27-42-41-19-8-7-14-34(41)23-28-43(42)46(35)31-39)40-26-29-45-44-20-9-10-21-47(44)50(48(45)32-40)37-16-5-2-6-17-37/h1-32H. The SMILES string of the molecule is c1ccc(-c2cccc(N(c3ccc4ccc5c6ccccc6ccc5c4c3)c3ccc4c5ccccc5n(-c5ccccc5)c4c3)c2)cc1. The monoisotopic (exact) mass is 636 g/mol. The molecule has 0 saturated heterocycles. The van der Waals surface area contributed by atoms with Gasteiger partial charge in [0.05, 0.1) is 11.0 Å².